The molecule has 0 unspecified atom stereocenters. The highest BCUT2D eigenvalue weighted by Gasteiger charge is 2.35. The Hall–Kier alpha value is -0.130. The van der Waals surface area contributed by atoms with Gasteiger partial charge in [0, 0.05) is 19.6 Å². The Morgan fingerprint density at radius 1 is 1.23 bits per heavy atom. The zero-order valence-corrected chi connectivity index (χ0v) is 8.52. The molecule has 2 fully saturated rings. The van der Waals surface area contributed by atoms with Crippen LogP contribution in [0.25, 0.3) is 0 Å². The Morgan fingerprint density at radius 3 is 2.46 bits per heavy atom. The highest BCUT2D eigenvalue weighted by atomic mass is 32.2. The van der Waals surface area contributed by atoms with Gasteiger partial charge < -0.3 is 5.32 Å². The summed E-state index contributed by atoms with van der Waals surface area (Å²) < 4.78 is 25.5. The zero-order chi connectivity index (χ0) is 9.31. The van der Waals surface area contributed by atoms with E-state index in [1.54, 1.807) is 4.31 Å². The summed E-state index contributed by atoms with van der Waals surface area (Å²) in [6.07, 6.45) is 2.83. The summed E-state index contributed by atoms with van der Waals surface area (Å²) in [7, 11) is -2.97. The van der Waals surface area contributed by atoms with Gasteiger partial charge in [-0.3, -0.25) is 0 Å². The molecule has 0 radical (unpaired) electrons. The number of nitrogens with one attached hydrogen (secondary N) is 1. The number of hydrogen-bond acceptors (Lipinski definition) is 3. The van der Waals surface area contributed by atoms with Gasteiger partial charge in [0.05, 0.1) is 5.25 Å². The molecule has 5 heteroatoms. The molecule has 1 atom stereocenters. The smallest absolute Gasteiger partial charge is 0.218 e. The van der Waals surface area contributed by atoms with E-state index >= 15 is 0 Å². The van der Waals surface area contributed by atoms with E-state index in [9.17, 15) is 8.42 Å². The van der Waals surface area contributed by atoms with Gasteiger partial charge in [0.1, 0.15) is 0 Å². The lowest BCUT2D eigenvalue weighted by Gasteiger charge is -2.19. The summed E-state index contributed by atoms with van der Waals surface area (Å²) in [5.74, 6) is 0. The summed E-state index contributed by atoms with van der Waals surface area (Å²) in [6.45, 7) is 2.95. The van der Waals surface area contributed by atoms with Crippen molar-refractivity contribution in [3.05, 3.63) is 0 Å². The maximum atomic E-state index is 11.9. The van der Waals surface area contributed by atoms with Crippen LogP contribution in [0.5, 0.6) is 0 Å². The van der Waals surface area contributed by atoms with Gasteiger partial charge in [0.15, 0.2) is 0 Å². The zero-order valence-electron chi connectivity index (χ0n) is 7.70. The highest BCUT2D eigenvalue weighted by Crippen LogP contribution is 2.19. The number of nitrogens with zero attached hydrogens (tertiary/aromatic N) is 1. The van der Waals surface area contributed by atoms with E-state index < -0.39 is 10.0 Å². The predicted octanol–water partition coefficient (Wildman–Crippen LogP) is -0.226. The van der Waals surface area contributed by atoms with E-state index in [2.05, 4.69) is 5.32 Å². The highest BCUT2D eigenvalue weighted by molar-refractivity contribution is 7.89. The van der Waals surface area contributed by atoms with Crippen molar-refractivity contribution in [3.8, 4) is 0 Å². The van der Waals surface area contributed by atoms with Gasteiger partial charge in [0.2, 0.25) is 10.0 Å². The number of rotatable bonds is 2. The van der Waals surface area contributed by atoms with E-state index in [0.29, 0.717) is 6.54 Å². The van der Waals surface area contributed by atoms with E-state index in [4.69, 9.17) is 0 Å². The molecule has 2 rings (SSSR count). The molecule has 0 aromatic carbocycles. The lowest BCUT2D eigenvalue weighted by Crippen LogP contribution is -2.37. The van der Waals surface area contributed by atoms with Crippen molar-refractivity contribution in [3.63, 3.8) is 0 Å². The normalized spacial score (nSPS) is 31.2. The van der Waals surface area contributed by atoms with Crippen molar-refractivity contribution in [2.45, 2.75) is 24.5 Å². The summed E-state index contributed by atoms with van der Waals surface area (Å²) in [6, 6.07) is 0. The van der Waals surface area contributed by atoms with Gasteiger partial charge in [-0.1, -0.05) is 0 Å². The summed E-state index contributed by atoms with van der Waals surface area (Å²) in [4.78, 5) is 0. The Labute approximate surface area is 79.4 Å². The lowest BCUT2D eigenvalue weighted by atomic mass is 10.4. The number of sulfonamides is 1. The van der Waals surface area contributed by atoms with Crippen LogP contribution in [0.1, 0.15) is 19.3 Å². The average molecular weight is 204 g/mol. The molecule has 0 bridgehead atoms. The second-order valence-electron chi connectivity index (χ2n) is 3.77. The molecule has 0 aliphatic carbocycles. The minimum absolute atomic E-state index is 0.161. The molecule has 13 heavy (non-hydrogen) atoms. The van der Waals surface area contributed by atoms with Crippen LogP contribution in [0.2, 0.25) is 0 Å². The largest absolute Gasteiger partial charge is 0.315 e. The fraction of sp³-hybridized carbons (Fsp3) is 1.00. The van der Waals surface area contributed by atoms with Crippen molar-refractivity contribution in [1.82, 2.24) is 9.62 Å². The molecule has 2 aliphatic rings. The second-order valence-corrected chi connectivity index (χ2v) is 5.98. The van der Waals surface area contributed by atoms with Crippen molar-refractivity contribution in [2.24, 2.45) is 0 Å². The minimum atomic E-state index is -2.97. The van der Waals surface area contributed by atoms with Gasteiger partial charge in [0.25, 0.3) is 0 Å². The predicted molar refractivity (Wildman–Crippen MR) is 51.0 cm³/mol. The summed E-state index contributed by atoms with van der Waals surface area (Å²) >= 11 is 0. The first kappa shape index (κ1) is 9.43. The van der Waals surface area contributed by atoms with Crippen molar-refractivity contribution in [1.29, 1.82) is 0 Å². The minimum Gasteiger partial charge on any atom is -0.315 e. The third-order valence-electron chi connectivity index (χ3n) is 2.86. The third-order valence-corrected chi connectivity index (χ3v) is 5.19. The van der Waals surface area contributed by atoms with Gasteiger partial charge in [-0.2, -0.15) is 0 Å². The summed E-state index contributed by atoms with van der Waals surface area (Å²) in [5, 5.41) is 2.93. The van der Waals surface area contributed by atoms with Crippen LogP contribution in [0.15, 0.2) is 0 Å². The van der Waals surface area contributed by atoms with Crippen molar-refractivity contribution < 1.29 is 8.42 Å². The molecule has 0 spiro atoms. The fourth-order valence-electron chi connectivity index (χ4n) is 2.04. The van der Waals surface area contributed by atoms with Crippen molar-refractivity contribution in [2.75, 3.05) is 26.2 Å². The van der Waals surface area contributed by atoms with Crippen LogP contribution in [-0.4, -0.2) is 44.2 Å². The maximum absolute atomic E-state index is 11.9. The standard InChI is InChI=1S/C8H16N2O2S/c11-13(12,8-3-4-9-7-8)10-5-1-2-6-10/h8-9H,1-7H2/t8-/m0/s1. The molecule has 2 heterocycles. The molecule has 0 aromatic rings. The summed E-state index contributed by atoms with van der Waals surface area (Å²) in [5.41, 5.74) is 0. The van der Waals surface area contributed by atoms with Crippen molar-refractivity contribution >= 4 is 10.0 Å². The van der Waals surface area contributed by atoms with Crippen LogP contribution in [-0.2, 0) is 10.0 Å². The van der Waals surface area contributed by atoms with Gasteiger partial charge in [-0.05, 0) is 25.8 Å². The molecule has 2 aliphatic heterocycles. The Bertz CT molecular complexity index is 242. The van der Waals surface area contributed by atoms with Crippen LogP contribution >= 0.6 is 0 Å². The molecular weight excluding hydrogens is 188 g/mol. The first-order valence-corrected chi connectivity index (χ1v) is 6.41. The van der Waals surface area contributed by atoms with Gasteiger partial charge in [-0.15, -0.1) is 0 Å². The van der Waals surface area contributed by atoms with E-state index in [-0.39, 0.29) is 5.25 Å². The van der Waals surface area contributed by atoms with Crippen LogP contribution in [0, 0.1) is 0 Å². The molecule has 0 aromatic heterocycles. The third kappa shape index (κ3) is 1.73. The second kappa shape index (κ2) is 3.55. The molecule has 0 saturated carbocycles. The Kier molecular flexibility index (Phi) is 2.58. The fourth-order valence-corrected chi connectivity index (χ4v) is 3.97. The quantitative estimate of drug-likeness (QED) is 0.676. The van der Waals surface area contributed by atoms with E-state index in [1.807, 2.05) is 0 Å². The molecular formula is C8H16N2O2S. The molecule has 4 nitrogen and oxygen atoms in total. The lowest BCUT2D eigenvalue weighted by molar-refractivity contribution is 0.467. The van der Waals surface area contributed by atoms with E-state index in [1.165, 1.54) is 0 Å². The first-order chi connectivity index (χ1) is 6.21. The molecule has 2 saturated heterocycles. The SMILES string of the molecule is O=S(=O)([C@H]1CCNC1)N1CCCC1. The van der Waals surface area contributed by atoms with Crippen LogP contribution in [0.4, 0.5) is 0 Å². The van der Waals surface area contributed by atoms with Gasteiger partial charge >= 0.3 is 0 Å². The van der Waals surface area contributed by atoms with Crippen LogP contribution in [0.3, 0.4) is 0 Å². The Morgan fingerprint density at radius 2 is 1.92 bits per heavy atom. The molecule has 1 N–H and O–H groups in total. The average Bonchev–Trinajstić information content (AvgIpc) is 2.78. The monoisotopic (exact) mass is 204 g/mol. The van der Waals surface area contributed by atoms with Crippen LogP contribution < -0.4 is 5.32 Å². The molecule has 0 amide bonds. The Balaban J connectivity index is 2.09. The van der Waals surface area contributed by atoms with Gasteiger partial charge in [-0.25, -0.2) is 12.7 Å². The van der Waals surface area contributed by atoms with E-state index in [0.717, 1.165) is 38.9 Å². The topological polar surface area (TPSA) is 49.4 Å². The maximum Gasteiger partial charge on any atom is 0.218 e. The molecule has 76 valence electrons. The number of hydrogen-bond donors (Lipinski definition) is 1. The first-order valence-electron chi connectivity index (χ1n) is 4.91.